The van der Waals surface area contributed by atoms with Crippen LogP contribution in [0, 0.1) is 6.92 Å². The third-order valence-electron chi connectivity index (χ3n) is 4.89. The summed E-state index contributed by atoms with van der Waals surface area (Å²) in [5.74, 6) is 1.52. The minimum atomic E-state index is -0.514. The van der Waals surface area contributed by atoms with Gasteiger partial charge in [-0.2, -0.15) is 0 Å². The summed E-state index contributed by atoms with van der Waals surface area (Å²) >= 11 is 0. The van der Waals surface area contributed by atoms with Crippen LogP contribution in [-0.4, -0.2) is 26.0 Å². The van der Waals surface area contributed by atoms with Gasteiger partial charge in [0, 0.05) is 6.07 Å². The number of methoxy groups -OCH3 is 2. The smallest absolute Gasteiger partial charge is 0.343 e. The Morgan fingerprint density at radius 1 is 0.871 bits per heavy atom. The molecule has 0 spiro atoms. The summed E-state index contributed by atoms with van der Waals surface area (Å²) in [5, 5.41) is 0. The number of Topliss-reactive ketones (excluding diaryl/α,β-unsaturated/α-hetero) is 1. The van der Waals surface area contributed by atoms with Crippen LogP contribution in [0.25, 0.3) is 6.08 Å². The lowest BCUT2D eigenvalue weighted by molar-refractivity contribution is 0.0734. The molecule has 1 aliphatic heterocycles. The molecule has 0 atom stereocenters. The molecule has 31 heavy (non-hydrogen) atoms. The predicted octanol–water partition coefficient (Wildman–Crippen LogP) is 4.85. The van der Waals surface area contributed by atoms with Crippen LogP contribution in [0.15, 0.2) is 66.4 Å². The highest BCUT2D eigenvalue weighted by atomic mass is 16.5. The van der Waals surface area contributed by atoms with Crippen molar-refractivity contribution in [2.24, 2.45) is 0 Å². The molecule has 156 valence electrons. The van der Waals surface area contributed by atoms with Crippen molar-refractivity contribution in [1.82, 2.24) is 0 Å². The second kappa shape index (κ2) is 8.36. The largest absolute Gasteiger partial charge is 0.497 e. The second-order valence-electron chi connectivity index (χ2n) is 6.94. The number of benzene rings is 3. The quantitative estimate of drug-likeness (QED) is 0.336. The molecule has 0 aromatic heterocycles. The molecule has 6 nitrogen and oxygen atoms in total. The fraction of sp³-hybridized carbons (Fsp3) is 0.120. The van der Waals surface area contributed by atoms with Gasteiger partial charge in [-0.05, 0) is 66.6 Å². The highest BCUT2D eigenvalue weighted by Crippen LogP contribution is 2.37. The van der Waals surface area contributed by atoms with Gasteiger partial charge in [-0.3, -0.25) is 4.79 Å². The van der Waals surface area contributed by atoms with Crippen molar-refractivity contribution in [2.45, 2.75) is 6.92 Å². The molecule has 4 rings (SSSR count). The van der Waals surface area contributed by atoms with Gasteiger partial charge in [-0.25, -0.2) is 4.79 Å². The second-order valence-corrected chi connectivity index (χ2v) is 6.94. The van der Waals surface area contributed by atoms with Gasteiger partial charge >= 0.3 is 5.97 Å². The van der Waals surface area contributed by atoms with Crippen molar-refractivity contribution in [3.8, 4) is 23.0 Å². The van der Waals surface area contributed by atoms with Crippen LogP contribution in [0.1, 0.15) is 31.8 Å². The molecular formula is C25H20O6. The fourth-order valence-corrected chi connectivity index (χ4v) is 3.28. The van der Waals surface area contributed by atoms with E-state index < -0.39 is 5.97 Å². The van der Waals surface area contributed by atoms with Crippen LogP contribution in [-0.2, 0) is 0 Å². The fourth-order valence-electron chi connectivity index (χ4n) is 3.28. The minimum absolute atomic E-state index is 0.210. The summed E-state index contributed by atoms with van der Waals surface area (Å²) in [5.41, 5.74) is 2.32. The Kier molecular flexibility index (Phi) is 5.45. The first-order chi connectivity index (χ1) is 15.0. The van der Waals surface area contributed by atoms with E-state index in [1.807, 2.05) is 12.1 Å². The average Bonchev–Trinajstić information content (AvgIpc) is 3.09. The first-order valence-corrected chi connectivity index (χ1v) is 9.57. The first kappa shape index (κ1) is 20.2. The first-order valence-electron chi connectivity index (χ1n) is 9.57. The zero-order chi connectivity index (χ0) is 22.0. The summed E-state index contributed by atoms with van der Waals surface area (Å²) in [6.07, 6.45) is 1.67. The highest BCUT2D eigenvalue weighted by Gasteiger charge is 2.30. The van der Waals surface area contributed by atoms with Crippen molar-refractivity contribution < 1.29 is 28.5 Å². The van der Waals surface area contributed by atoms with Gasteiger partial charge in [0.1, 0.15) is 23.0 Å². The van der Waals surface area contributed by atoms with E-state index in [2.05, 4.69) is 0 Å². The molecule has 0 radical (unpaired) electrons. The molecule has 0 fully saturated rings. The van der Waals surface area contributed by atoms with E-state index in [0.717, 1.165) is 11.3 Å². The lowest BCUT2D eigenvalue weighted by atomic mass is 10.0. The molecule has 3 aromatic rings. The number of rotatable bonds is 5. The van der Waals surface area contributed by atoms with Gasteiger partial charge in [0.05, 0.1) is 25.3 Å². The van der Waals surface area contributed by atoms with E-state index in [1.165, 1.54) is 0 Å². The number of aryl methyl sites for hydroxylation is 1. The number of hydrogen-bond donors (Lipinski definition) is 0. The van der Waals surface area contributed by atoms with Gasteiger partial charge in [0.25, 0.3) is 0 Å². The number of hydrogen-bond acceptors (Lipinski definition) is 6. The molecule has 0 bridgehead atoms. The minimum Gasteiger partial charge on any atom is -0.497 e. The highest BCUT2D eigenvalue weighted by molar-refractivity contribution is 6.15. The molecule has 0 unspecified atom stereocenters. The maximum absolute atomic E-state index is 12.8. The molecular weight excluding hydrogens is 396 g/mol. The van der Waals surface area contributed by atoms with Gasteiger partial charge in [-0.1, -0.05) is 12.1 Å². The third-order valence-corrected chi connectivity index (χ3v) is 4.89. The predicted molar refractivity (Wildman–Crippen MR) is 115 cm³/mol. The number of ether oxygens (including phenoxy) is 4. The van der Waals surface area contributed by atoms with Crippen LogP contribution in [0.3, 0.4) is 0 Å². The monoisotopic (exact) mass is 416 g/mol. The maximum Gasteiger partial charge on any atom is 0.343 e. The van der Waals surface area contributed by atoms with Crippen LogP contribution in [0.4, 0.5) is 0 Å². The van der Waals surface area contributed by atoms with E-state index in [4.69, 9.17) is 18.9 Å². The maximum atomic E-state index is 12.8. The van der Waals surface area contributed by atoms with E-state index in [1.54, 1.807) is 75.8 Å². The van der Waals surface area contributed by atoms with E-state index in [-0.39, 0.29) is 11.5 Å². The van der Waals surface area contributed by atoms with E-state index >= 15 is 0 Å². The molecule has 0 amide bonds. The van der Waals surface area contributed by atoms with Crippen molar-refractivity contribution in [1.29, 1.82) is 0 Å². The summed E-state index contributed by atoms with van der Waals surface area (Å²) in [6.45, 7) is 1.78. The number of allylic oxidation sites excluding steroid dienone is 1. The Bertz CT molecular complexity index is 1170. The lowest BCUT2D eigenvalue weighted by Gasteiger charge is -2.08. The van der Waals surface area contributed by atoms with Crippen LogP contribution < -0.4 is 18.9 Å². The molecule has 0 N–H and O–H groups in total. The SMILES string of the molecule is COc1ccc(/C=C2\Oc3cc(OC(=O)c4ccc(OC)cc4)cc(C)c3C2=O)cc1. The number of esters is 1. The summed E-state index contributed by atoms with van der Waals surface area (Å²) in [7, 11) is 3.15. The van der Waals surface area contributed by atoms with E-state index in [9.17, 15) is 9.59 Å². The Labute approximate surface area is 179 Å². The number of carbonyl (C=O) groups excluding carboxylic acids is 2. The van der Waals surface area contributed by atoms with Gasteiger partial charge in [0.15, 0.2) is 5.76 Å². The summed E-state index contributed by atoms with van der Waals surface area (Å²) < 4.78 is 21.5. The molecule has 0 saturated heterocycles. The average molecular weight is 416 g/mol. The van der Waals surface area contributed by atoms with Crippen LogP contribution >= 0.6 is 0 Å². The van der Waals surface area contributed by atoms with Crippen molar-refractivity contribution >= 4 is 17.8 Å². The summed E-state index contributed by atoms with van der Waals surface area (Å²) in [6, 6.07) is 17.1. The van der Waals surface area contributed by atoms with Gasteiger partial charge in [0.2, 0.25) is 5.78 Å². The molecule has 0 aliphatic carbocycles. The zero-order valence-corrected chi connectivity index (χ0v) is 17.3. The number of carbonyl (C=O) groups is 2. The van der Waals surface area contributed by atoms with Gasteiger partial charge in [-0.15, -0.1) is 0 Å². The molecule has 1 heterocycles. The normalized spacial score (nSPS) is 13.5. The Hall–Kier alpha value is -4.06. The van der Waals surface area contributed by atoms with Crippen LogP contribution in [0.5, 0.6) is 23.0 Å². The molecule has 6 heteroatoms. The van der Waals surface area contributed by atoms with E-state index in [0.29, 0.717) is 33.9 Å². The number of fused-ring (bicyclic) bond motifs is 1. The Balaban J connectivity index is 1.56. The molecule has 0 saturated carbocycles. The Morgan fingerprint density at radius 3 is 2.10 bits per heavy atom. The Morgan fingerprint density at radius 2 is 1.48 bits per heavy atom. The topological polar surface area (TPSA) is 71.1 Å². The van der Waals surface area contributed by atoms with Crippen LogP contribution in [0.2, 0.25) is 0 Å². The van der Waals surface area contributed by atoms with Gasteiger partial charge < -0.3 is 18.9 Å². The van der Waals surface area contributed by atoms with Crippen molar-refractivity contribution in [3.05, 3.63) is 88.7 Å². The molecule has 3 aromatic carbocycles. The molecule has 1 aliphatic rings. The van der Waals surface area contributed by atoms with Crippen molar-refractivity contribution in [3.63, 3.8) is 0 Å². The standard InChI is InChI=1S/C25H20O6/c1-15-12-20(30-25(27)17-6-10-19(29-3)11-7-17)14-21-23(15)24(26)22(31-21)13-16-4-8-18(28-2)9-5-16/h4-14H,1-3H3/b22-13-. The zero-order valence-electron chi connectivity index (χ0n) is 17.3. The third kappa shape index (κ3) is 4.14. The van der Waals surface area contributed by atoms with Crippen molar-refractivity contribution in [2.75, 3.05) is 14.2 Å². The number of ketones is 1. The lowest BCUT2D eigenvalue weighted by Crippen LogP contribution is -2.08. The summed E-state index contributed by atoms with van der Waals surface area (Å²) in [4.78, 5) is 25.3.